The molecule has 16 rings (SSSR count). The number of hydrogen-bond donors (Lipinski definition) is 3. The summed E-state index contributed by atoms with van der Waals surface area (Å²) in [6, 6.07) is 17.9. The third-order valence-electron chi connectivity index (χ3n) is 21.7. The molecule has 0 unspecified atom stereocenters. The van der Waals surface area contributed by atoms with E-state index in [1.165, 1.54) is 24.0 Å². The number of piperazine rings is 2. The van der Waals surface area contributed by atoms with Crippen molar-refractivity contribution >= 4 is 29.7 Å². The summed E-state index contributed by atoms with van der Waals surface area (Å²) < 4.78 is 53.0. The van der Waals surface area contributed by atoms with E-state index < -0.39 is 66.0 Å². The first-order valence-electron chi connectivity index (χ1n) is 32.2. The molecule has 10 aliphatic rings. The van der Waals surface area contributed by atoms with Crippen molar-refractivity contribution in [1.29, 1.82) is 10.5 Å². The van der Waals surface area contributed by atoms with Gasteiger partial charge in [0.1, 0.15) is 23.6 Å². The molecule has 4 bridgehead atoms. The zero-order chi connectivity index (χ0) is 68.1. The summed E-state index contributed by atoms with van der Waals surface area (Å²) in [6.07, 6.45) is 0.996. The average molecular weight is 1320 g/mol. The van der Waals surface area contributed by atoms with E-state index in [-0.39, 0.29) is 81.3 Å². The van der Waals surface area contributed by atoms with Crippen LogP contribution in [0.5, 0.6) is 57.5 Å². The minimum Gasteiger partial charge on any atom is -0.507 e. The molecule has 2 saturated heterocycles. The molecule has 0 aromatic heterocycles. The van der Waals surface area contributed by atoms with Gasteiger partial charge in [0, 0.05) is 95.9 Å². The number of nitrogens with zero attached hydrogens (tertiary/aromatic N) is 8. The number of carbonyl (C=O) groups is 5. The quantitative estimate of drug-likeness (QED) is 0.0893. The second-order valence-corrected chi connectivity index (χ2v) is 26.2. The van der Waals surface area contributed by atoms with Crippen molar-refractivity contribution in [1.82, 2.24) is 34.7 Å². The number of benzene rings is 6. The molecule has 0 spiro atoms. The van der Waals surface area contributed by atoms with Crippen molar-refractivity contribution in [3.8, 4) is 69.6 Å². The first-order valence-corrected chi connectivity index (χ1v) is 32.2. The summed E-state index contributed by atoms with van der Waals surface area (Å²) in [5, 5.41) is 47.9. The minimum atomic E-state index is -0.765. The molecule has 3 N–H and O–H groups in total. The number of ether oxygens (including phenoxy) is 9. The molecule has 2 fully saturated rings. The van der Waals surface area contributed by atoms with Crippen molar-refractivity contribution in [2.24, 2.45) is 0 Å². The second-order valence-electron chi connectivity index (χ2n) is 26.2. The van der Waals surface area contributed by atoms with Gasteiger partial charge < -0.3 is 58.2 Å². The van der Waals surface area contributed by atoms with E-state index >= 15 is 0 Å². The van der Waals surface area contributed by atoms with E-state index in [9.17, 15) is 44.7 Å². The predicted octanol–water partition coefficient (Wildman–Crippen LogP) is 7.33. The molecule has 25 heteroatoms. The number of fused-ring (bicyclic) bond motifs is 20. The number of amides is 5. The van der Waals surface area contributed by atoms with Crippen LogP contribution < -0.4 is 43.2 Å². The van der Waals surface area contributed by atoms with E-state index in [0.717, 1.165) is 27.8 Å². The minimum absolute atomic E-state index is 0.00990. The predicted molar refractivity (Wildman–Crippen MR) is 344 cm³/mol. The lowest BCUT2D eigenvalue weighted by molar-refractivity contribution is -0.0766. The van der Waals surface area contributed by atoms with Crippen LogP contribution in [0.1, 0.15) is 132 Å². The highest BCUT2D eigenvalue weighted by Crippen LogP contribution is 2.61. The van der Waals surface area contributed by atoms with Gasteiger partial charge in [0.05, 0.1) is 72.8 Å². The van der Waals surface area contributed by atoms with Crippen LogP contribution in [0, 0.1) is 50.4 Å². The second kappa shape index (κ2) is 23.6. The van der Waals surface area contributed by atoms with Gasteiger partial charge in [0.15, 0.2) is 52.8 Å². The molecule has 0 aliphatic carbocycles. The fraction of sp³-hybridized carbons (Fsp3) is 0.403. The molecule has 5 amide bonds. The lowest BCUT2D eigenvalue weighted by Gasteiger charge is -2.60. The molecule has 6 aromatic rings. The Balaban J connectivity index is 0.000000159. The molecule has 97 heavy (non-hydrogen) atoms. The highest BCUT2D eigenvalue weighted by molar-refractivity contribution is 6.22. The van der Waals surface area contributed by atoms with Crippen LogP contribution in [0.4, 0.5) is 4.79 Å². The maximum Gasteiger partial charge on any atom is 0.412 e. The highest BCUT2D eigenvalue weighted by Gasteiger charge is 2.60. The van der Waals surface area contributed by atoms with Gasteiger partial charge in [-0.2, -0.15) is 10.5 Å². The van der Waals surface area contributed by atoms with Gasteiger partial charge in [-0.1, -0.05) is 36.4 Å². The van der Waals surface area contributed by atoms with Gasteiger partial charge in [-0.3, -0.25) is 48.6 Å². The van der Waals surface area contributed by atoms with Crippen LogP contribution >= 0.6 is 0 Å². The molecule has 0 saturated carbocycles. The van der Waals surface area contributed by atoms with Crippen molar-refractivity contribution in [2.75, 3.05) is 75.9 Å². The fourth-order valence-electron chi connectivity index (χ4n) is 17.7. The molecule has 10 atom stereocenters. The van der Waals surface area contributed by atoms with Gasteiger partial charge >= 0.3 is 6.09 Å². The van der Waals surface area contributed by atoms with Crippen LogP contribution in [0.3, 0.4) is 0 Å². The van der Waals surface area contributed by atoms with E-state index in [1.54, 1.807) is 76.6 Å². The zero-order valence-corrected chi connectivity index (χ0v) is 55.1. The molecule has 25 nitrogen and oxygen atoms in total. The standard InChI is InChI=1S/C36H35N5O8.C36H36N4O8/c1-16-10-18-11-22-24(13-37)41-23(28(39(22)4)26(18)29(42)30(16)46-5)12-21-27(33-32(47-15-48-33)17(2)31(21)49-36(45)38-3)25(41)14-40-34(43)19-8-6-7-9-20(19)35(40)44;1-17-10-19-11-23-25(13-37)40-24(29(38(23)3)27(19)33(31(17)45-5)46-15-44-4)12-22-28(34-32(47-16-48-34)18(2)30(22)41)26(40)14-39-35(42)20-8-6-7-9-21(20)36(39)43/h6-10,22-25,28,42H,11-12,14-15H2,1-5H3,(H,38,45);6-10,23-26,29,41H,11-12,14-16H2,1-5H3/t22-,23-,24-,25-,28-;23-,24-,25-,26-,29-/m00/s1. The summed E-state index contributed by atoms with van der Waals surface area (Å²) in [5.74, 6) is 2.03. The number of imide groups is 2. The summed E-state index contributed by atoms with van der Waals surface area (Å²) in [7, 11) is 10.1. The Kier molecular flexibility index (Phi) is 15.3. The third kappa shape index (κ3) is 9.08. The summed E-state index contributed by atoms with van der Waals surface area (Å²) >= 11 is 0. The first kappa shape index (κ1) is 62.9. The van der Waals surface area contributed by atoms with Crippen LogP contribution in [0.2, 0.25) is 0 Å². The van der Waals surface area contributed by atoms with Crippen molar-refractivity contribution in [3.63, 3.8) is 0 Å². The van der Waals surface area contributed by atoms with Gasteiger partial charge in [-0.15, -0.1) is 0 Å². The van der Waals surface area contributed by atoms with Crippen molar-refractivity contribution in [3.05, 3.63) is 150 Å². The molecule has 6 aromatic carbocycles. The number of nitriles is 2. The normalized spacial score (nSPS) is 25.0. The Labute approximate surface area is 558 Å². The van der Waals surface area contributed by atoms with E-state index in [0.29, 0.717) is 121 Å². The van der Waals surface area contributed by atoms with E-state index in [4.69, 9.17) is 42.6 Å². The number of phenols is 2. The number of rotatable bonds is 10. The van der Waals surface area contributed by atoms with Crippen LogP contribution in [-0.4, -0.2) is 182 Å². The van der Waals surface area contributed by atoms with Crippen molar-refractivity contribution in [2.45, 2.75) is 114 Å². The van der Waals surface area contributed by atoms with Gasteiger partial charge in [-0.25, -0.2) is 4.79 Å². The highest BCUT2D eigenvalue weighted by atomic mass is 16.7. The van der Waals surface area contributed by atoms with Gasteiger partial charge in [0.25, 0.3) is 23.6 Å². The Hall–Kier alpha value is -10.2. The van der Waals surface area contributed by atoms with Crippen LogP contribution in [-0.2, 0) is 30.4 Å². The van der Waals surface area contributed by atoms with Crippen LogP contribution in [0.15, 0.2) is 60.7 Å². The molecule has 0 radical (unpaired) electrons. The summed E-state index contributed by atoms with van der Waals surface area (Å²) in [4.78, 5) is 79.1. The number of aryl methyl sites for hydroxylation is 2. The number of phenolic OH excluding ortho intramolecular Hbond substituents is 2. The SMILES string of the molecule is CNC(=O)Oc1c(C)c2c(c3c1C[C@H]1[C@H]4c5c(cc(C)c(OC)c5O)C[C@@H]([C@H](C#N)N1[C@H]3CN1C(=O)c3ccccc3C1=O)N4C)OCO2.COCOc1c(OC)c(C)cc2c1[C@@H]1[C@@H]3Cc4c(O)c(C)c5c(c4[C@H](CN4C(=O)c6ccccc6C4=O)N3[C@@H](C#N)[C@H](C2)N1C)OCO5. The number of methoxy groups -OCH3 is 3. The maximum absolute atomic E-state index is 13.8. The topological polar surface area (TPSA) is 288 Å². The van der Waals surface area contributed by atoms with Crippen LogP contribution in [0.25, 0.3) is 0 Å². The molecular formula is C72H71N9O16. The Morgan fingerprint density at radius 3 is 1.48 bits per heavy atom. The summed E-state index contributed by atoms with van der Waals surface area (Å²) in [6.45, 7) is 7.17. The summed E-state index contributed by atoms with van der Waals surface area (Å²) in [5.41, 5.74) is 10.3. The van der Waals surface area contributed by atoms with Gasteiger partial charge in [-0.05, 0) is 114 Å². The van der Waals surface area contributed by atoms with Crippen molar-refractivity contribution < 1.29 is 76.8 Å². The Morgan fingerprint density at radius 1 is 0.567 bits per heavy atom. The van der Waals surface area contributed by atoms with E-state index in [2.05, 4.69) is 43.1 Å². The molecule has 10 aliphatic heterocycles. The maximum atomic E-state index is 13.8. The largest absolute Gasteiger partial charge is 0.507 e. The monoisotopic (exact) mass is 1320 g/mol. The number of nitrogens with one attached hydrogen (secondary N) is 1. The Morgan fingerprint density at radius 2 is 1.01 bits per heavy atom. The molecular weight excluding hydrogens is 1250 g/mol. The number of aromatic hydroxyl groups is 2. The smallest absolute Gasteiger partial charge is 0.412 e. The first-order chi connectivity index (χ1) is 46.8. The lowest BCUT2D eigenvalue weighted by Crippen LogP contribution is -2.69. The van der Waals surface area contributed by atoms with E-state index in [1.807, 2.05) is 34.0 Å². The van der Waals surface area contributed by atoms with Gasteiger partial charge in [0.2, 0.25) is 13.6 Å². The fourth-order valence-corrected chi connectivity index (χ4v) is 17.7. The lowest BCUT2D eigenvalue weighted by atomic mass is 9.71. The Bertz CT molecular complexity index is 4450. The number of likely N-dealkylation sites (N-methyl/N-ethyl adjacent to an activating group) is 2. The zero-order valence-electron chi connectivity index (χ0n) is 55.1. The molecule has 500 valence electrons. The average Bonchev–Trinajstić information content (AvgIpc) is 1.20. The molecule has 10 heterocycles. The number of hydrogen-bond acceptors (Lipinski definition) is 22. The third-order valence-corrected chi connectivity index (χ3v) is 21.7. The number of carbonyl (C=O) groups excluding carboxylic acids is 5.